The smallest absolute Gasteiger partial charge is 0.193 e. The molecule has 0 radical (unpaired) electrons. The maximum atomic E-state index is 4.40. The molecule has 0 aromatic heterocycles. The highest BCUT2D eigenvalue weighted by atomic mass is 15.3. The molecule has 1 fully saturated rings. The van der Waals surface area contributed by atoms with Crippen molar-refractivity contribution in [3.05, 3.63) is 42.5 Å². The lowest BCUT2D eigenvalue weighted by atomic mass is 10.2. The molecule has 0 spiro atoms. The fourth-order valence-electron chi connectivity index (χ4n) is 2.58. The van der Waals surface area contributed by atoms with Gasteiger partial charge in [0.15, 0.2) is 5.96 Å². The summed E-state index contributed by atoms with van der Waals surface area (Å²) in [5, 5.41) is 3.43. The Balaban J connectivity index is 1.82. The predicted molar refractivity (Wildman–Crippen MR) is 91.0 cm³/mol. The average molecular weight is 286 g/mol. The third kappa shape index (κ3) is 4.52. The van der Waals surface area contributed by atoms with Gasteiger partial charge in [-0.15, -0.1) is 0 Å². The van der Waals surface area contributed by atoms with Crippen LogP contribution in [0.1, 0.15) is 13.3 Å². The van der Waals surface area contributed by atoms with E-state index in [1.807, 2.05) is 7.05 Å². The zero-order valence-electron chi connectivity index (χ0n) is 13.1. The molecule has 114 valence electrons. The van der Waals surface area contributed by atoms with Gasteiger partial charge in [-0.05, 0) is 25.5 Å². The van der Waals surface area contributed by atoms with E-state index in [1.54, 1.807) is 0 Å². The lowest BCUT2D eigenvalue weighted by Crippen LogP contribution is -2.52. The van der Waals surface area contributed by atoms with E-state index >= 15 is 0 Å². The summed E-state index contributed by atoms with van der Waals surface area (Å²) in [6, 6.07) is 10.6. The first-order valence-corrected chi connectivity index (χ1v) is 7.72. The first-order valence-electron chi connectivity index (χ1n) is 7.72. The minimum absolute atomic E-state index is 0.940. The van der Waals surface area contributed by atoms with Crippen LogP contribution in [-0.4, -0.2) is 50.6 Å². The molecule has 4 nitrogen and oxygen atoms in total. The standard InChI is InChI=1S/C17H26N4/c1-3-4-8-11-19-17(18-2)21-14-12-20(13-15-21)16-9-6-5-7-10-16/h3-7,9-10H,8,11-15H2,1-2H3,(H,18,19). The molecule has 21 heavy (non-hydrogen) atoms. The average Bonchev–Trinajstić information content (AvgIpc) is 2.56. The molecule has 1 heterocycles. The molecule has 1 aromatic rings. The summed E-state index contributed by atoms with van der Waals surface area (Å²) in [7, 11) is 1.86. The first kappa shape index (κ1) is 15.4. The number of rotatable bonds is 4. The topological polar surface area (TPSA) is 30.9 Å². The summed E-state index contributed by atoms with van der Waals surface area (Å²) in [6.45, 7) is 7.10. The lowest BCUT2D eigenvalue weighted by molar-refractivity contribution is 0.373. The zero-order valence-corrected chi connectivity index (χ0v) is 13.1. The molecule has 1 saturated heterocycles. The molecule has 4 heteroatoms. The van der Waals surface area contributed by atoms with E-state index in [0.717, 1.165) is 45.1 Å². The van der Waals surface area contributed by atoms with Gasteiger partial charge in [0.1, 0.15) is 0 Å². The monoisotopic (exact) mass is 286 g/mol. The Hall–Kier alpha value is -1.97. The summed E-state index contributed by atoms with van der Waals surface area (Å²) < 4.78 is 0. The van der Waals surface area contributed by atoms with Crippen molar-refractivity contribution in [3.63, 3.8) is 0 Å². The molecule has 1 aliphatic heterocycles. The second-order valence-electron chi connectivity index (χ2n) is 5.14. The van der Waals surface area contributed by atoms with E-state index in [2.05, 4.69) is 69.5 Å². The molecule has 0 atom stereocenters. The minimum Gasteiger partial charge on any atom is -0.368 e. The number of hydrogen-bond donors (Lipinski definition) is 1. The van der Waals surface area contributed by atoms with Gasteiger partial charge in [0.2, 0.25) is 0 Å². The van der Waals surface area contributed by atoms with Crippen LogP contribution in [0.3, 0.4) is 0 Å². The summed E-state index contributed by atoms with van der Waals surface area (Å²) in [5.74, 6) is 1.02. The summed E-state index contributed by atoms with van der Waals surface area (Å²) >= 11 is 0. The van der Waals surface area contributed by atoms with Gasteiger partial charge >= 0.3 is 0 Å². The number of guanidine groups is 1. The second kappa shape index (κ2) is 8.35. The molecule has 1 N–H and O–H groups in total. The third-order valence-electron chi connectivity index (χ3n) is 3.74. The van der Waals surface area contributed by atoms with Crippen LogP contribution in [0.15, 0.2) is 47.5 Å². The van der Waals surface area contributed by atoms with Gasteiger partial charge in [0.05, 0.1) is 0 Å². The van der Waals surface area contributed by atoms with Crippen molar-refractivity contribution < 1.29 is 0 Å². The fraction of sp³-hybridized carbons (Fsp3) is 0.471. The predicted octanol–water partition coefficient (Wildman–Crippen LogP) is 2.35. The number of piperazine rings is 1. The maximum absolute atomic E-state index is 4.40. The van der Waals surface area contributed by atoms with Crippen molar-refractivity contribution in [2.75, 3.05) is 44.7 Å². The van der Waals surface area contributed by atoms with E-state index in [1.165, 1.54) is 5.69 Å². The van der Waals surface area contributed by atoms with E-state index in [4.69, 9.17) is 0 Å². The van der Waals surface area contributed by atoms with E-state index < -0.39 is 0 Å². The Morgan fingerprint density at radius 1 is 1.19 bits per heavy atom. The molecule has 1 aliphatic rings. The number of nitrogens with zero attached hydrogens (tertiary/aromatic N) is 3. The Morgan fingerprint density at radius 2 is 1.90 bits per heavy atom. The highest BCUT2D eigenvalue weighted by molar-refractivity contribution is 5.80. The van der Waals surface area contributed by atoms with Gasteiger partial charge in [-0.1, -0.05) is 30.4 Å². The molecular weight excluding hydrogens is 260 g/mol. The van der Waals surface area contributed by atoms with Crippen LogP contribution in [-0.2, 0) is 0 Å². The second-order valence-corrected chi connectivity index (χ2v) is 5.14. The molecule has 0 unspecified atom stereocenters. The van der Waals surface area contributed by atoms with Crippen LogP contribution < -0.4 is 10.2 Å². The molecule has 0 amide bonds. The summed E-state index contributed by atoms with van der Waals surface area (Å²) in [6.07, 6.45) is 5.30. The third-order valence-corrected chi connectivity index (χ3v) is 3.74. The van der Waals surface area contributed by atoms with Gasteiger partial charge in [-0.25, -0.2) is 0 Å². The number of aliphatic imine (C=N–C) groups is 1. The van der Waals surface area contributed by atoms with Gasteiger partial charge in [0.25, 0.3) is 0 Å². The normalized spacial score (nSPS) is 16.6. The highest BCUT2D eigenvalue weighted by Crippen LogP contribution is 2.15. The van der Waals surface area contributed by atoms with Crippen molar-refractivity contribution in [3.8, 4) is 0 Å². The molecule has 2 rings (SSSR count). The first-order chi connectivity index (χ1) is 10.3. The van der Waals surface area contributed by atoms with E-state index in [0.29, 0.717) is 0 Å². The molecule has 0 aliphatic carbocycles. The lowest BCUT2D eigenvalue weighted by Gasteiger charge is -2.37. The zero-order chi connectivity index (χ0) is 14.9. The van der Waals surface area contributed by atoms with Gasteiger partial charge in [0, 0.05) is 45.5 Å². The van der Waals surface area contributed by atoms with Crippen LogP contribution in [0.2, 0.25) is 0 Å². The maximum Gasteiger partial charge on any atom is 0.193 e. The SMILES string of the molecule is CC=CCCNC(=NC)N1CCN(c2ccccc2)CC1. The van der Waals surface area contributed by atoms with E-state index in [9.17, 15) is 0 Å². The summed E-state index contributed by atoms with van der Waals surface area (Å²) in [5.41, 5.74) is 1.31. The van der Waals surface area contributed by atoms with Crippen LogP contribution >= 0.6 is 0 Å². The number of benzene rings is 1. The van der Waals surface area contributed by atoms with Crippen LogP contribution in [0.25, 0.3) is 0 Å². The Kier molecular flexibility index (Phi) is 6.13. The Morgan fingerprint density at radius 3 is 2.52 bits per heavy atom. The largest absolute Gasteiger partial charge is 0.368 e. The van der Waals surface area contributed by atoms with Gasteiger partial charge in [-0.2, -0.15) is 0 Å². The van der Waals surface area contributed by atoms with Gasteiger partial charge < -0.3 is 15.1 Å². The number of allylic oxidation sites excluding steroid dienone is 1. The molecular formula is C17H26N4. The van der Waals surface area contributed by atoms with Crippen LogP contribution in [0.4, 0.5) is 5.69 Å². The van der Waals surface area contributed by atoms with Gasteiger partial charge in [-0.3, -0.25) is 4.99 Å². The van der Waals surface area contributed by atoms with Crippen molar-refractivity contribution in [1.82, 2.24) is 10.2 Å². The van der Waals surface area contributed by atoms with Crippen molar-refractivity contribution in [2.24, 2.45) is 4.99 Å². The molecule has 0 bridgehead atoms. The number of para-hydroxylation sites is 1. The van der Waals surface area contributed by atoms with Crippen molar-refractivity contribution in [2.45, 2.75) is 13.3 Å². The number of nitrogens with one attached hydrogen (secondary N) is 1. The van der Waals surface area contributed by atoms with Crippen LogP contribution in [0.5, 0.6) is 0 Å². The Bertz CT molecular complexity index is 459. The number of hydrogen-bond acceptors (Lipinski definition) is 2. The summed E-state index contributed by atoms with van der Waals surface area (Å²) in [4.78, 5) is 9.17. The quantitative estimate of drug-likeness (QED) is 0.399. The van der Waals surface area contributed by atoms with Crippen LogP contribution in [0, 0.1) is 0 Å². The van der Waals surface area contributed by atoms with E-state index in [-0.39, 0.29) is 0 Å². The van der Waals surface area contributed by atoms with Crippen molar-refractivity contribution >= 4 is 11.6 Å². The van der Waals surface area contributed by atoms with Crippen molar-refractivity contribution in [1.29, 1.82) is 0 Å². The fourth-order valence-corrected chi connectivity index (χ4v) is 2.58. The highest BCUT2D eigenvalue weighted by Gasteiger charge is 2.19. The minimum atomic E-state index is 0.940. The molecule has 0 saturated carbocycles. The number of anilines is 1. The Labute approximate surface area is 128 Å². The molecule has 1 aromatic carbocycles.